The minimum atomic E-state index is -0.725. The van der Waals surface area contributed by atoms with E-state index in [0.717, 1.165) is 5.82 Å². The zero-order chi connectivity index (χ0) is 16.9. The number of para-hydroxylation sites is 1. The van der Waals surface area contributed by atoms with E-state index in [-0.39, 0.29) is 18.5 Å². The number of aliphatic hydroxyl groups excluding tert-OH is 1. The Labute approximate surface area is 139 Å². The molecular weight excluding hydrogens is 315 g/mol. The lowest BCUT2D eigenvalue weighted by molar-refractivity contribution is -0.0494. The molecule has 0 radical (unpaired) electrons. The maximum Gasteiger partial charge on any atom is 0.180 e. The van der Waals surface area contributed by atoms with Crippen molar-refractivity contribution in [3.8, 4) is 5.75 Å². The summed E-state index contributed by atoms with van der Waals surface area (Å²) in [4.78, 5) is 6.35. The molecule has 1 aliphatic heterocycles. The number of morpholine rings is 1. The Bertz CT molecular complexity index is 666. The Morgan fingerprint density at radius 2 is 2.33 bits per heavy atom. The lowest BCUT2D eigenvalue weighted by atomic mass is 10.2. The van der Waals surface area contributed by atoms with Crippen molar-refractivity contribution in [2.75, 3.05) is 32.8 Å². The van der Waals surface area contributed by atoms with Gasteiger partial charge in [0.15, 0.2) is 17.4 Å². The number of ether oxygens (including phenoxy) is 2. The molecule has 0 bridgehead atoms. The van der Waals surface area contributed by atoms with Crippen molar-refractivity contribution in [1.82, 2.24) is 20.1 Å². The zero-order valence-electron chi connectivity index (χ0n) is 13.5. The molecule has 0 unspecified atom stereocenters. The summed E-state index contributed by atoms with van der Waals surface area (Å²) in [5.74, 6) is 1.07. The van der Waals surface area contributed by atoms with Crippen LogP contribution in [0.25, 0.3) is 0 Å². The Kier molecular flexibility index (Phi) is 5.39. The third-order valence-corrected chi connectivity index (χ3v) is 3.79. The first-order chi connectivity index (χ1) is 11.6. The topological polar surface area (TPSA) is 83.5 Å². The van der Waals surface area contributed by atoms with Crippen molar-refractivity contribution in [2.24, 2.45) is 0 Å². The highest BCUT2D eigenvalue weighted by Crippen LogP contribution is 2.19. The summed E-state index contributed by atoms with van der Waals surface area (Å²) < 4.78 is 24.5. The van der Waals surface area contributed by atoms with Gasteiger partial charge in [-0.1, -0.05) is 12.1 Å². The van der Waals surface area contributed by atoms with Crippen LogP contribution in [-0.2, 0) is 4.74 Å². The number of benzene rings is 1. The summed E-state index contributed by atoms with van der Waals surface area (Å²) in [6.45, 7) is 4.12. The number of aromatic amines is 1. The van der Waals surface area contributed by atoms with Crippen molar-refractivity contribution in [3.05, 3.63) is 41.7 Å². The van der Waals surface area contributed by atoms with E-state index in [1.807, 2.05) is 6.92 Å². The minimum Gasteiger partial charge on any atom is -0.488 e. The normalized spacial score (nSPS) is 20.0. The molecule has 8 heteroatoms. The van der Waals surface area contributed by atoms with Crippen LogP contribution in [0.4, 0.5) is 4.39 Å². The largest absolute Gasteiger partial charge is 0.488 e. The maximum absolute atomic E-state index is 13.5. The van der Waals surface area contributed by atoms with Gasteiger partial charge >= 0.3 is 0 Å². The summed E-state index contributed by atoms with van der Waals surface area (Å²) in [5, 5.41) is 17.1. The molecule has 1 aromatic heterocycles. The summed E-state index contributed by atoms with van der Waals surface area (Å²) in [6, 6.07) is 6.15. The molecule has 7 nitrogen and oxygen atoms in total. The fraction of sp³-hybridized carbons (Fsp3) is 0.500. The third-order valence-electron chi connectivity index (χ3n) is 3.79. The summed E-state index contributed by atoms with van der Waals surface area (Å²) in [7, 11) is 0. The molecule has 2 aromatic rings. The Morgan fingerprint density at radius 1 is 1.50 bits per heavy atom. The molecule has 2 heterocycles. The highest BCUT2D eigenvalue weighted by molar-refractivity contribution is 5.23. The van der Waals surface area contributed by atoms with Crippen LogP contribution in [-0.4, -0.2) is 64.1 Å². The van der Waals surface area contributed by atoms with Crippen LogP contribution in [0.3, 0.4) is 0 Å². The number of halogens is 1. The summed E-state index contributed by atoms with van der Waals surface area (Å²) in [6.07, 6.45) is -0.944. The number of aromatic nitrogens is 3. The van der Waals surface area contributed by atoms with Gasteiger partial charge in [0.05, 0.1) is 6.61 Å². The standard InChI is InChI=1S/C16H21FN4O3/c1-11-18-16(20-19-11)15-9-21(6-7-23-15)8-12(22)10-24-14-5-3-2-4-13(14)17/h2-5,12,15,22H,6-10H2,1H3,(H,18,19,20)/t12-,15+/m0/s1. The molecule has 2 atom stereocenters. The second-order valence-corrected chi connectivity index (χ2v) is 5.79. The second-order valence-electron chi connectivity index (χ2n) is 5.79. The van der Waals surface area contributed by atoms with Crippen LogP contribution in [0.5, 0.6) is 5.75 Å². The van der Waals surface area contributed by atoms with Gasteiger partial charge in [0.25, 0.3) is 0 Å². The number of rotatable bonds is 6. The molecule has 0 spiro atoms. The Hall–Kier alpha value is -2.03. The van der Waals surface area contributed by atoms with Crippen molar-refractivity contribution < 1.29 is 19.0 Å². The molecular formula is C16H21FN4O3. The summed E-state index contributed by atoms with van der Waals surface area (Å²) in [5.41, 5.74) is 0. The van der Waals surface area contributed by atoms with E-state index in [2.05, 4.69) is 20.1 Å². The molecule has 0 amide bonds. The molecule has 130 valence electrons. The minimum absolute atomic E-state index is 0.0305. The Balaban J connectivity index is 1.49. The molecule has 24 heavy (non-hydrogen) atoms. The van der Waals surface area contributed by atoms with Gasteiger partial charge in [-0.15, -0.1) is 0 Å². The van der Waals surface area contributed by atoms with Crippen molar-refractivity contribution in [1.29, 1.82) is 0 Å². The first kappa shape index (κ1) is 16.8. The average Bonchev–Trinajstić information content (AvgIpc) is 3.01. The van der Waals surface area contributed by atoms with Crippen molar-refractivity contribution in [3.63, 3.8) is 0 Å². The number of hydrogen-bond donors (Lipinski definition) is 2. The fourth-order valence-corrected chi connectivity index (χ4v) is 2.63. The number of aryl methyl sites for hydroxylation is 1. The first-order valence-corrected chi connectivity index (χ1v) is 7.90. The number of H-pyrrole nitrogens is 1. The molecule has 2 N–H and O–H groups in total. The van der Waals surface area contributed by atoms with Crippen LogP contribution in [0, 0.1) is 12.7 Å². The van der Waals surface area contributed by atoms with Gasteiger partial charge in [0, 0.05) is 19.6 Å². The highest BCUT2D eigenvalue weighted by atomic mass is 19.1. The number of nitrogens with zero attached hydrogens (tertiary/aromatic N) is 3. The van der Waals surface area contributed by atoms with Crippen molar-refractivity contribution >= 4 is 0 Å². The van der Waals surface area contributed by atoms with Gasteiger partial charge in [-0.3, -0.25) is 10.00 Å². The SMILES string of the molecule is Cc1nc([C@H]2CN(C[C@H](O)COc3ccccc3F)CCO2)n[nH]1. The lowest BCUT2D eigenvalue weighted by Gasteiger charge is -2.32. The predicted octanol–water partition coefficient (Wildman–Crippen LogP) is 1.07. The van der Waals surface area contributed by atoms with Crippen LogP contribution >= 0.6 is 0 Å². The van der Waals surface area contributed by atoms with Gasteiger partial charge in [-0.25, -0.2) is 9.37 Å². The quantitative estimate of drug-likeness (QED) is 0.821. The van der Waals surface area contributed by atoms with Gasteiger partial charge in [0.2, 0.25) is 0 Å². The third kappa shape index (κ3) is 4.28. The molecule has 1 fully saturated rings. The van der Waals surface area contributed by atoms with Gasteiger partial charge in [-0.2, -0.15) is 5.10 Å². The maximum atomic E-state index is 13.5. The molecule has 3 rings (SSSR count). The van der Waals surface area contributed by atoms with E-state index in [1.165, 1.54) is 6.07 Å². The lowest BCUT2D eigenvalue weighted by Crippen LogP contribution is -2.44. The second kappa shape index (κ2) is 7.69. The van der Waals surface area contributed by atoms with Crippen LogP contribution in [0.1, 0.15) is 17.8 Å². The smallest absolute Gasteiger partial charge is 0.180 e. The highest BCUT2D eigenvalue weighted by Gasteiger charge is 2.26. The Morgan fingerprint density at radius 3 is 3.08 bits per heavy atom. The molecule has 1 saturated heterocycles. The number of aliphatic hydroxyl groups is 1. The van der Waals surface area contributed by atoms with Crippen LogP contribution in [0.2, 0.25) is 0 Å². The molecule has 1 aromatic carbocycles. The zero-order valence-corrected chi connectivity index (χ0v) is 13.5. The van der Waals surface area contributed by atoms with E-state index in [4.69, 9.17) is 9.47 Å². The molecule has 0 aliphatic carbocycles. The van der Waals surface area contributed by atoms with Gasteiger partial charge in [-0.05, 0) is 19.1 Å². The van der Waals surface area contributed by atoms with Gasteiger partial charge < -0.3 is 14.6 Å². The number of nitrogens with one attached hydrogen (secondary N) is 1. The van der Waals surface area contributed by atoms with Crippen LogP contribution in [0.15, 0.2) is 24.3 Å². The number of hydrogen-bond acceptors (Lipinski definition) is 6. The monoisotopic (exact) mass is 336 g/mol. The van der Waals surface area contributed by atoms with Crippen molar-refractivity contribution in [2.45, 2.75) is 19.1 Å². The fourth-order valence-electron chi connectivity index (χ4n) is 2.63. The van der Waals surface area contributed by atoms with E-state index >= 15 is 0 Å². The van der Waals surface area contributed by atoms with E-state index in [1.54, 1.807) is 18.2 Å². The van der Waals surface area contributed by atoms with E-state index in [9.17, 15) is 9.50 Å². The van der Waals surface area contributed by atoms with Crippen LogP contribution < -0.4 is 4.74 Å². The first-order valence-electron chi connectivity index (χ1n) is 7.90. The van der Waals surface area contributed by atoms with E-state index < -0.39 is 11.9 Å². The predicted molar refractivity (Wildman–Crippen MR) is 84.2 cm³/mol. The molecule has 0 saturated carbocycles. The molecule has 1 aliphatic rings. The summed E-state index contributed by atoms with van der Waals surface area (Å²) >= 11 is 0. The van der Waals surface area contributed by atoms with Gasteiger partial charge in [0.1, 0.15) is 24.6 Å². The van der Waals surface area contributed by atoms with E-state index in [0.29, 0.717) is 32.1 Å². The number of β-amino-alcohol motifs (C(OH)–C–C–N with tert-alkyl or cyclic N) is 1. The average molecular weight is 336 g/mol.